The lowest BCUT2D eigenvalue weighted by atomic mass is 10.2. The van der Waals surface area contributed by atoms with Crippen molar-refractivity contribution in [1.82, 2.24) is 0 Å². The van der Waals surface area contributed by atoms with Crippen molar-refractivity contribution in [2.45, 2.75) is 6.92 Å². The molecule has 0 aromatic heterocycles. The lowest BCUT2D eigenvalue weighted by Crippen LogP contribution is -1.79. The zero-order chi connectivity index (χ0) is 12.8. The number of rotatable bonds is 2. The quantitative estimate of drug-likeness (QED) is 0.468. The lowest BCUT2D eigenvalue weighted by molar-refractivity contribution is 1.39. The molecule has 0 heterocycles. The van der Waals surface area contributed by atoms with Crippen molar-refractivity contribution in [3.63, 3.8) is 0 Å². The van der Waals surface area contributed by atoms with Crippen LogP contribution in [-0.2, 0) is 0 Å². The highest BCUT2D eigenvalue weighted by molar-refractivity contribution is 8.35. The predicted molar refractivity (Wildman–Crippen MR) is 84.0 cm³/mol. The monoisotopic (exact) mass is 346 g/mol. The van der Waals surface area contributed by atoms with Crippen LogP contribution in [0.25, 0.3) is 0 Å². The van der Waals surface area contributed by atoms with Crippen LogP contribution in [0.4, 0.5) is 11.4 Å². The summed E-state index contributed by atoms with van der Waals surface area (Å²) in [6.45, 7) is 1.91. The topological polar surface area (TPSA) is 24.7 Å². The second-order valence-corrected chi connectivity index (χ2v) is 6.03. The highest BCUT2D eigenvalue weighted by atomic mass is 35.7. The van der Waals surface area contributed by atoms with Crippen LogP contribution in [0, 0.1) is 6.92 Å². The molecule has 0 unspecified atom stereocenters. The number of aryl methyl sites for hydroxylation is 1. The molecule has 0 aliphatic heterocycles. The van der Waals surface area contributed by atoms with Gasteiger partial charge in [0.2, 0.25) is 0 Å². The maximum absolute atomic E-state index is 5.75. The van der Waals surface area contributed by atoms with E-state index in [9.17, 15) is 0 Å². The molecule has 8 heteroatoms. The molecule has 2 nitrogen and oxygen atoms in total. The van der Waals surface area contributed by atoms with Crippen molar-refractivity contribution in [3.8, 4) is 0 Å². The van der Waals surface area contributed by atoms with Gasteiger partial charge in [0.25, 0.3) is 0 Å². The Morgan fingerprint density at radius 1 is 1.06 bits per heavy atom. The number of halogens is 4. The third-order valence-corrected chi connectivity index (χ3v) is 4.17. The minimum Gasteiger partial charge on any atom is -0.229 e. The zero-order valence-electron chi connectivity index (χ0n) is 8.45. The summed E-state index contributed by atoms with van der Waals surface area (Å²) in [5.74, 6) is 0. The van der Waals surface area contributed by atoms with Crippen LogP contribution >= 0.6 is 66.5 Å². The van der Waals surface area contributed by atoms with Crippen LogP contribution in [0.5, 0.6) is 0 Å². The number of benzene rings is 1. The molecule has 17 heavy (non-hydrogen) atoms. The summed E-state index contributed by atoms with van der Waals surface area (Å²) in [6.07, 6.45) is 0. The van der Waals surface area contributed by atoms with Gasteiger partial charge in [-0.05, 0) is 46.0 Å². The number of aliphatic imine (C=N–C) groups is 2. The first-order valence-corrected chi connectivity index (χ1v) is 8.27. The van der Waals surface area contributed by atoms with Gasteiger partial charge in [-0.25, -0.2) is 9.98 Å². The van der Waals surface area contributed by atoms with Crippen LogP contribution < -0.4 is 0 Å². The normalized spacial score (nSPS) is 13.0. The lowest BCUT2D eigenvalue weighted by Gasteiger charge is -2.02. The Labute approximate surface area is 127 Å². The van der Waals surface area contributed by atoms with Gasteiger partial charge in [-0.2, -0.15) is 0 Å². The van der Waals surface area contributed by atoms with Gasteiger partial charge in [0, 0.05) is 22.0 Å². The van der Waals surface area contributed by atoms with Crippen molar-refractivity contribution >= 4 is 86.9 Å². The van der Waals surface area contributed by atoms with Crippen LogP contribution in [0.1, 0.15) is 5.56 Å². The van der Waals surface area contributed by atoms with Gasteiger partial charge in [-0.1, -0.05) is 29.3 Å². The molecule has 0 saturated heterocycles. The van der Waals surface area contributed by atoms with E-state index in [1.807, 2.05) is 19.1 Å². The summed E-state index contributed by atoms with van der Waals surface area (Å²) in [5, 5.41) is 0. The first kappa shape index (κ1) is 15.5. The van der Waals surface area contributed by atoms with Gasteiger partial charge in [0.1, 0.15) is 0 Å². The van der Waals surface area contributed by atoms with Crippen molar-refractivity contribution in [1.29, 1.82) is 0 Å². The van der Waals surface area contributed by atoms with Crippen LogP contribution in [0.15, 0.2) is 28.2 Å². The van der Waals surface area contributed by atoms with Gasteiger partial charge in [0.15, 0.2) is 9.01 Å². The minimum absolute atomic E-state index is 0.239. The summed E-state index contributed by atoms with van der Waals surface area (Å²) < 4.78 is 0.483. The molecule has 1 aromatic carbocycles. The Balaban J connectivity index is 3.11. The van der Waals surface area contributed by atoms with Gasteiger partial charge >= 0.3 is 0 Å². The fourth-order valence-electron chi connectivity index (χ4n) is 1.02. The van der Waals surface area contributed by atoms with E-state index in [2.05, 4.69) is 9.98 Å². The fraction of sp³-hybridized carbons (Fsp3) is 0.111. The van der Waals surface area contributed by atoms with Gasteiger partial charge in [-0.3, -0.25) is 0 Å². The third kappa shape index (κ3) is 5.28. The first-order valence-electron chi connectivity index (χ1n) is 4.23. The SMILES string of the molecule is Cc1ccc(N=C(Cl)SCl)cc1N=C(Cl)SCl. The van der Waals surface area contributed by atoms with Crippen molar-refractivity contribution in [3.05, 3.63) is 23.8 Å². The fourth-order valence-corrected chi connectivity index (χ4v) is 1.69. The van der Waals surface area contributed by atoms with Gasteiger partial charge in [-0.15, -0.1) is 0 Å². The maximum atomic E-state index is 5.75. The highest BCUT2D eigenvalue weighted by Crippen LogP contribution is 2.29. The Hall–Kier alpha value is 0.420. The van der Waals surface area contributed by atoms with Crippen molar-refractivity contribution < 1.29 is 0 Å². The molecule has 0 bridgehead atoms. The van der Waals surface area contributed by atoms with E-state index in [-0.39, 0.29) is 9.01 Å². The third-order valence-electron chi connectivity index (χ3n) is 1.75. The number of nitrogens with zero attached hydrogens (tertiary/aromatic N) is 2. The van der Waals surface area contributed by atoms with E-state index < -0.39 is 0 Å². The second-order valence-electron chi connectivity index (χ2n) is 2.85. The van der Waals surface area contributed by atoms with Gasteiger partial charge < -0.3 is 0 Å². The number of hydrogen-bond acceptors (Lipinski definition) is 4. The first-order chi connectivity index (χ1) is 8.06. The molecule has 0 atom stereocenters. The molecule has 92 valence electrons. The smallest absolute Gasteiger partial charge is 0.178 e. The molecule has 0 spiro atoms. The summed E-state index contributed by atoms with van der Waals surface area (Å²) >= 11 is 11.5. The molecule has 0 fully saturated rings. The summed E-state index contributed by atoms with van der Waals surface area (Å²) in [5.41, 5.74) is 2.30. The molecule has 0 amide bonds. The van der Waals surface area contributed by atoms with E-state index in [1.165, 1.54) is 0 Å². The molecular weight excluding hydrogens is 342 g/mol. The summed E-state index contributed by atoms with van der Waals surface area (Å²) in [4.78, 5) is 8.21. The van der Waals surface area contributed by atoms with Crippen LogP contribution in [0.3, 0.4) is 0 Å². The van der Waals surface area contributed by atoms with Crippen LogP contribution in [-0.4, -0.2) is 9.01 Å². The van der Waals surface area contributed by atoms with E-state index in [1.54, 1.807) is 6.07 Å². The molecule has 1 rings (SSSR count). The highest BCUT2D eigenvalue weighted by Gasteiger charge is 2.02. The Kier molecular flexibility index (Phi) is 7.07. The predicted octanol–water partition coefficient (Wildman–Crippen LogP) is 6.22. The molecule has 0 aliphatic rings. The Bertz CT molecular complexity index is 462. The molecule has 0 N–H and O–H groups in total. The molecular formula is C9H6Cl4N2S2. The summed E-state index contributed by atoms with van der Waals surface area (Å²) in [6, 6.07) is 5.43. The molecule has 1 aromatic rings. The molecule has 0 radical (unpaired) electrons. The number of hydrogen-bond donors (Lipinski definition) is 0. The van der Waals surface area contributed by atoms with Crippen LogP contribution in [0.2, 0.25) is 0 Å². The standard InChI is InChI=1S/C9H6Cl4N2S2/c1-5-2-3-6(14-8(10)16-12)4-7(5)15-9(11)17-13/h2-4H,1H3. The van der Waals surface area contributed by atoms with Gasteiger partial charge in [0.05, 0.1) is 11.4 Å². The Morgan fingerprint density at radius 2 is 1.65 bits per heavy atom. The van der Waals surface area contributed by atoms with Crippen molar-refractivity contribution in [2.75, 3.05) is 0 Å². The van der Waals surface area contributed by atoms with E-state index in [0.717, 1.165) is 27.5 Å². The second kappa shape index (κ2) is 7.77. The molecule has 0 saturated carbocycles. The average Bonchev–Trinajstić information content (AvgIpc) is 2.33. The average molecular weight is 348 g/mol. The Morgan fingerprint density at radius 3 is 2.24 bits per heavy atom. The molecule has 0 aliphatic carbocycles. The summed E-state index contributed by atoms with van der Waals surface area (Å²) in [7, 11) is 12.7. The van der Waals surface area contributed by atoms with Crippen molar-refractivity contribution in [2.24, 2.45) is 9.98 Å². The maximum Gasteiger partial charge on any atom is 0.178 e. The largest absolute Gasteiger partial charge is 0.229 e. The zero-order valence-corrected chi connectivity index (χ0v) is 13.1. The van der Waals surface area contributed by atoms with E-state index in [0.29, 0.717) is 11.4 Å². The minimum atomic E-state index is 0.239. The van der Waals surface area contributed by atoms with E-state index in [4.69, 9.17) is 44.6 Å². The van der Waals surface area contributed by atoms with E-state index >= 15 is 0 Å².